The van der Waals surface area contributed by atoms with Crippen LogP contribution in [0.15, 0.2) is 24.3 Å². The van der Waals surface area contributed by atoms with Crippen LogP contribution in [0.4, 0.5) is 0 Å². The molecule has 1 nitrogen and oxygen atoms in total. The third kappa shape index (κ3) is 3.66. The summed E-state index contributed by atoms with van der Waals surface area (Å²) in [4.78, 5) is 0. The summed E-state index contributed by atoms with van der Waals surface area (Å²) < 4.78 is 0. The Morgan fingerprint density at radius 1 is 0.800 bits per heavy atom. The lowest BCUT2D eigenvalue weighted by Gasteiger charge is -2.46. The molecule has 2 heteroatoms. The smallest absolute Gasteiger partial charge is 0.0782 e. The topological polar surface area (TPSA) is 23.8 Å². The predicted octanol–water partition coefficient (Wildman–Crippen LogP) is 6.76. The van der Waals surface area contributed by atoms with Crippen LogP contribution in [-0.4, -0.2) is 17.0 Å². The van der Waals surface area contributed by atoms with Crippen LogP contribution in [0.2, 0.25) is 0 Å². The number of aryl methyl sites for hydroxylation is 1. The summed E-state index contributed by atoms with van der Waals surface area (Å²) in [5, 5.41) is 10.1. The molecular weight excluding hydrogens is 321 g/mol. The predicted molar refractivity (Wildman–Crippen MR) is 108 cm³/mol. The van der Waals surface area contributed by atoms with E-state index in [9.17, 15) is 5.26 Å². The molecule has 0 radical (unpaired) electrons. The van der Waals surface area contributed by atoms with Crippen LogP contribution in [-0.2, 0) is 6.42 Å². The average Bonchev–Trinajstić information content (AvgIpc) is 2.69. The standard InChI is InChI=1S/C23H32NP/c24-17-22-21-14-8-7-9-18(21)15-16-23(22)25(19-10-3-1-4-11-19)20-12-5-2-6-13-20/h7-9,14,19-20,22-23H,1-6,10-13,15-16H2. The van der Waals surface area contributed by atoms with Crippen LogP contribution in [0.25, 0.3) is 0 Å². The maximum atomic E-state index is 10.1. The van der Waals surface area contributed by atoms with Crippen molar-refractivity contribution in [2.24, 2.45) is 0 Å². The third-order valence-corrected chi connectivity index (χ3v) is 11.0. The van der Waals surface area contributed by atoms with E-state index in [0.717, 1.165) is 11.3 Å². The van der Waals surface area contributed by atoms with Gasteiger partial charge in [0.1, 0.15) is 0 Å². The number of benzene rings is 1. The fourth-order valence-electron chi connectivity index (χ4n) is 5.82. The Hall–Kier alpha value is -0.860. The van der Waals surface area contributed by atoms with Crippen molar-refractivity contribution >= 4 is 7.92 Å². The molecule has 1 aromatic carbocycles. The van der Waals surface area contributed by atoms with E-state index < -0.39 is 0 Å². The lowest BCUT2D eigenvalue weighted by molar-refractivity contribution is 0.475. The van der Waals surface area contributed by atoms with Crippen molar-refractivity contribution in [1.82, 2.24) is 0 Å². The molecule has 0 amide bonds. The largest absolute Gasteiger partial charge is 0.198 e. The van der Waals surface area contributed by atoms with Crippen LogP contribution in [0.1, 0.15) is 87.7 Å². The molecule has 2 unspecified atom stereocenters. The van der Waals surface area contributed by atoms with Crippen LogP contribution in [0, 0.1) is 11.3 Å². The van der Waals surface area contributed by atoms with Crippen molar-refractivity contribution in [1.29, 1.82) is 5.26 Å². The minimum Gasteiger partial charge on any atom is -0.198 e. The van der Waals surface area contributed by atoms with E-state index >= 15 is 0 Å². The van der Waals surface area contributed by atoms with E-state index in [1.54, 1.807) is 0 Å². The number of nitriles is 1. The first-order chi connectivity index (χ1) is 12.4. The molecule has 0 spiro atoms. The van der Waals surface area contributed by atoms with Crippen molar-refractivity contribution in [2.45, 2.75) is 99.9 Å². The lowest BCUT2D eigenvalue weighted by Crippen LogP contribution is -2.32. The summed E-state index contributed by atoms with van der Waals surface area (Å²) in [6.07, 6.45) is 17.0. The number of hydrogen-bond donors (Lipinski definition) is 0. The van der Waals surface area contributed by atoms with Crippen molar-refractivity contribution < 1.29 is 0 Å². The number of fused-ring (bicyclic) bond motifs is 1. The Morgan fingerprint density at radius 3 is 2.00 bits per heavy atom. The molecule has 0 heterocycles. The molecule has 0 bridgehead atoms. The minimum absolute atomic E-state index is 0.00725. The molecule has 0 aliphatic heterocycles. The van der Waals surface area contributed by atoms with E-state index in [1.165, 1.54) is 88.2 Å². The maximum Gasteiger partial charge on any atom is 0.0782 e. The van der Waals surface area contributed by atoms with Crippen molar-refractivity contribution in [3.8, 4) is 6.07 Å². The zero-order chi connectivity index (χ0) is 17.1. The molecular formula is C23H32NP. The molecule has 4 rings (SSSR count). The summed E-state index contributed by atoms with van der Waals surface area (Å²) in [5.41, 5.74) is 5.41. The van der Waals surface area contributed by atoms with Crippen LogP contribution < -0.4 is 0 Å². The second-order valence-corrected chi connectivity index (χ2v) is 11.5. The van der Waals surface area contributed by atoms with Gasteiger partial charge in [-0.15, -0.1) is 0 Å². The molecule has 2 fully saturated rings. The highest BCUT2D eigenvalue weighted by molar-refractivity contribution is 7.60. The fourth-order valence-corrected chi connectivity index (χ4v) is 10.4. The van der Waals surface area contributed by atoms with Crippen molar-refractivity contribution in [2.75, 3.05) is 0 Å². The van der Waals surface area contributed by atoms with Gasteiger partial charge in [0.2, 0.25) is 0 Å². The monoisotopic (exact) mass is 353 g/mol. The SMILES string of the molecule is N#CC1c2ccccc2CCC1P(C1CCCCC1)C1CCCCC1. The van der Waals surface area contributed by atoms with E-state index in [1.807, 2.05) is 0 Å². The van der Waals surface area contributed by atoms with Crippen molar-refractivity contribution in [3.05, 3.63) is 35.4 Å². The Morgan fingerprint density at radius 2 is 1.40 bits per heavy atom. The molecule has 0 aromatic heterocycles. The van der Waals surface area contributed by atoms with Crippen LogP contribution in [0.3, 0.4) is 0 Å². The maximum absolute atomic E-state index is 10.1. The van der Waals surface area contributed by atoms with Gasteiger partial charge < -0.3 is 0 Å². The second-order valence-electron chi connectivity index (χ2n) is 8.44. The number of nitrogens with zero attached hydrogens (tertiary/aromatic N) is 1. The van der Waals surface area contributed by atoms with Gasteiger partial charge in [0.25, 0.3) is 0 Å². The fraction of sp³-hybridized carbons (Fsp3) is 0.696. The van der Waals surface area contributed by atoms with Crippen molar-refractivity contribution in [3.63, 3.8) is 0 Å². The van der Waals surface area contributed by atoms with E-state index in [4.69, 9.17) is 0 Å². The highest BCUT2D eigenvalue weighted by Crippen LogP contribution is 2.63. The first-order valence-electron chi connectivity index (χ1n) is 10.6. The molecule has 25 heavy (non-hydrogen) atoms. The number of rotatable bonds is 3. The van der Waals surface area contributed by atoms with Gasteiger partial charge in [-0.3, -0.25) is 0 Å². The van der Waals surface area contributed by atoms with E-state index in [0.29, 0.717) is 5.66 Å². The highest BCUT2D eigenvalue weighted by atomic mass is 31.1. The minimum atomic E-state index is -0.00725. The molecule has 2 saturated carbocycles. The van der Waals surface area contributed by atoms with Crippen LogP contribution in [0.5, 0.6) is 0 Å². The van der Waals surface area contributed by atoms with Gasteiger partial charge in [-0.2, -0.15) is 5.26 Å². The van der Waals surface area contributed by atoms with Gasteiger partial charge in [-0.25, -0.2) is 0 Å². The van der Waals surface area contributed by atoms with Gasteiger partial charge in [0.05, 0.1) is 12.0 Å². The highest BCUT2D eigenvalue weighted by Gasteiger charge is 2.42. The van der Waals surface area contributed by atoms with Gasteiger partial charge in [-0.1, -0.05) is 70.7 Å². The molecule has 0 saturated heterocycles. The van der Waals surface area contributed by atoms with Gasteiger partial charge in [-0.05, 0) is 66.6 Å². The zero-order valence-electron chi connectivity index (χ0n) is 15.5. The Labute approximate surface area is 155 Å². The molecule has 134 valence electrons. The average molecular weight is 353 g/mol. The second kappa shape index (κ2) is 8.22. The molecule has 3 aliphatic rings. The normalized spacial score (nSPS) is 28.5. The Balaban J connectivity index is 1.65. The molecule has 0 N–H and O–H groups in total. The Kier molecular flexibility index (Phi) is 5.77. The number of hydrogen-bond acceptors (Lipinski definition) is 1. The summed E-state index contributed by atoms with van der Waals surface area (Å²) >= 11 is 0. The first kappa shape index (κ1) is 17.5. The third-order valence-electron chi connectivity index (χ3n) is 7.00. The quantitative estimate of drug-likeness (QED) is 0.551. The summed E-state index contributed by atoms with van der Waals surface area (Å²) in [7, 11) is -0.00725. The van der Waals surface area contributed by atoms with Gasteiger partial charge >= 0.3 is 0 Å². The Bertz CT molecular complexity index is 589. The van der Waals surface area contributed by atoms with Crippen LogP contribution >= 0.6 is 7.92 Å². The summed E-state index contributed by atoms with van der Waals surface area (Å²) in [5.74, 6) is 0.167. The zero-order valence-corrected chi connectivity index (χ0v) is 16.4. The first-order valence-corrected chi connectivity index (χ1v) is 12.2. The summed E-state index contributed by atoms with van der Waals surface area (Å²) in [6, 6.07) is 11.6. The van der Waals surface area contributed by atoms with E-state index in [2.05, 4.69) is 30.3 Å². The molecule has 1 aromatic rings. The lowest BCUT2D eigenvalue weighted by atomic mass is 9.83. The molecule has 2 atom stereocenters. The van der Waals surface area contributed by atoms with Gasteiger partial charge in [0.15, 0.2) is 0 Å². The van der Waals surface area contributed by atoms with E-state index in [-0.39, 0.29) is 13.8 Å². The summed E-state index contributed by atoms with van der Waals surface area (Å²) in [6.45, 7) is 0. The molecule has 3 aliphatic carbocycles. The van der Waals surface area contributed by atoms with Gasteiger partial charge in [0, 0.05) is 0 Å².